The Balaban J connectivity index is 1.63. The Morgan fingerprint density at radius 2 is 2.00 bits per heavy atom. The molecule has 1 N–H and O–H groups in total. The lowest BCUT2D eigenvalue weighted by molar-refractivity contribution is -0.385. The van der Waals surface area contributed by atoms with Crippen molar-refractivity contribution in [2.45, 2.75) is 32.4 Å². The van der Waals surface area contributed by atoms with Crippen LogP contribution in [-0.2, 0) is 11.3 Å². The molecule has 1 aliphatic rings. The molecule has 0 atom stereocenters. The first-order valence-electron chi connectivity index (χ1n) is 7.76. The molecule has 1 amide bonds. The SMILES string of the molecule is CC(=O)N(Cc1ccc(Nc2ccc([N+](=O)[O-])cn2)cc1)C1CC1. The lowest BCUT2D eigenvalue weighted by Crippen LogP contribution is -2.30. The second-order valence-corrected chi connectivity index (χ2v) is 5.86. The monoisotopic (exact) mass is 326 g/mol. The third kappa shape index (κ3) is 3.87. The number of nitro groups is 1. The molecule has 3 rings (SSSR count). The molecule has 1 aliphatic carbocycles. The van der Waals surface area contributed by atoms with E-state index in [0.717, 1.165) is 24.1 Å². The molecule has 0 spiro atoms. The van der Waals surface area contributed by atoms with Crippen molar-refractivity contribution in [1.82, 2.24) is 9.88 Å². The number of hydrogen-bond acceptors (Lipinski definition) is 5. The van der Waals surface area contributed by atoms with Gasteiger partial charge in [0.25, 0.3) is 5.69 Å². The molecular weight excluding hydrogens is 308 g/mol. The molecule has 0 saturated heterocycles. The molecule has 1 aromatic carbocycles. The molecule has 0 aliphatic heterocycles. The molecule has 24 heavy (non-hydrogen) atoms. The fourth-order valence-electron chi connectivity index (χ4n) is 2.49. The van der Waals surface area contributed by atoms with Crippen molar-refractivity contribution in [3.63, 3.8) is 0 Å². The van der Waals surface area contributed by atoms with Crippen LogP contribution in [-0.4, -0.2) is 26.8 Å². The highest BCUT2D eigenvalue weighted by atomic mass is 16.6. The Morgan fingerprint density at radius 1 is 1.29 bits per heavy atom. The number of aromatic nitrogens is 1. The van der Waals surface area contributed by atoms with Gasteiger partial charge in [0.2, 0.25) is 5.91 Å². The number of nitrogens with one attached hydrogen (secondary N) is 1. The molecule has 0 bridgehead atoms. The van der Waals surface area contributed by atoms with E-state index in [-0.39, 0.29) is 11.6 Å². The maximum atomic E-state index is 11.7. The number of pyridine rings is 1. The predicted octanol–water partition coefficient (Wildman–Crippen LogP) is 3.24. The molecule has 1 heterocycles. The van der Waals surface area contributed by atoms with Crippen molar-refractivity contribution in [3.05, 3.63) is 58.3 Å². The summed E-state index contributed by atoms with van der Waals surface area (Å²) in [6.45, 7) is 2.23. The lowest BCUT2D eigenvalue weighted by Gasteiger charge is -2.20. The van der Waals surface area contributed by atoms with Gasteiger partial charge in [0.15, 0.2) is 0 Å². The number of nitrogens with zero attached hydrogens (tertiary/aromatic N) is 3. The van der Waals surface area contributed by atoms with Crippen LogP contribution in [0.5, 0.6) is 0 Å². The van der Waals surface area contributed by atoms with Gasteiger partial charge in [-0.2, -0.15) is 0 Å². The van der Waals surface area contributed by atoms with Crippen LogP contribution >= 0.6 is 0 Å². The van der Waals surface area contributed by atoms with Gasteiger partial charge < -0.3 is 10.2 Å². The predicted molar refractivity (Wildman–Crippen MR) is 89.9 cm³/mol. The van der Waals surface area contributed by atoms with E-state index in [1.165, 1.54) is 12.3 Å². The van der Waals surface area contributed by atoms with Crippen LogP contribution in [0.3, 0.4) is 0 Å². The zero-order valence-corrected chi connectivity index (χ0v) is 13.3. The molecule has 2 aromatic rings. The second-order valence-electron chi connectivity index (χ2n) is 5.86. The van der Waals surface area contributed by atoms with E-state index in [4.69, 9.17) is 0 Å². The summed E-state index contributed by atoms with van der Waals surface area (Å²) >= 11 is 0. The first kappa shape index (κ1) is 15.9. The quantitative estimate of drug-likeness (QED) is 0.650. The summed E-state index contributed by atoms with van der Waals surface area (Å²) in [5, 5.41) is 13.7. The van der Waals surface area contributed by atoms with Crippen molar-refractivity contribution in [1.29, 1.82) is 0 Å². The summed E-state index contributed by atoms with van der Waals surface area (Å²) in [5.74, 6) is 0.645. The van der Waals surface area contributed by atoms with Gasteiger partial charge in [-0.15, -0.1) is 0 Å². The Labute approximate surface area is 139 Å². The zero-order valence-electron chi connectivity index (χ0n) is 13.3. The van der Waals surface area contributed by atoms with E-state index < -0.39 is 4.92 Å². The summed E-state index contributed by atoms with van der Waals surface area (Å²) in [4.78, 5) is 27.7. The Bertz CT molecular complexity index is 739. The number of carbonyl (C=O) groups is 1. The normalized spacial score (nSPS) is 13.4. The summed E-state index contributed by atoms with van der Waals surface area (Å²) in [7, 11) is 0. The number of anilines is 2. The van der Waals surface area contributed by atoms with Crippen LogP contribution in [0.4, 0.5) is 17.2 Å². The molecule has 0 unspecified atom stereocenters. The minimum absolute atomic E-state index is 0.0414. The second kappa shape index (κ2) is 6.66. The number of amides is 1. The van der Waals surface area contributed by atoms with Gasteiger partial charge in [0.05, 0.1) is 4.92 Å². The van der Waals surface area contributed by atoms with Crippen LogP contribution in [0.1, 0.15) is 25.3 Å². The van der Waals surface area contributed by atoms with Gasteiger partial charge >= 0.3 is 0 Å². The van der Waals surface area contributed by atoms with E-state index in [2.05, 4.69) is 10.3 Å². The van der Waals surface area contributed by atoms with Crippen LogP contribution in [0.2, 0.25) is 0 Å². The van der Waals surface area contributed by atoms with E-state index in [1.807, 2.05) is 29.2 Å². The third-order valence-corrected chi connectivity index (χ3v) is 3.93. The number of rotatable bonds is 6. The van der Waals surface area contributed by atoms with Gasteiger partial charge in [0, 0.05) is 31.3 Å². The van der Waals surface area contributed by atoms with Crippen LogP contribution in [0.25, 0.3) is 0 Å². The molecule has 1 fully saturated rings. The van der Waals surface area contributed by atoms with Gasteiger partial charge in [-0.25, -0.2) is 4.98 Å². The fourth-order valence-corrected chi connectivity index (χ4v) is 2.49. The number of carbonyl (C=O) groups excluding carboxylic acids is 1. The Kier molecular flexibility index (Phi) is 4.41. The lowest BCUT2D eigenvalue weighted by atomic mass is 10.2. The van der Waals surface area contributed by atoms with E-state index in [1.54, 1.807) is 13.0 Å². The van der Waals surface area contributed by atoms with Crippen LogP contribution in [0, 0.1) is 10.1 Å². The highest BCUT2D eigenvalue weighted by Crippen LogP contribution is 2.28. The molecular formula is C17H18N4O3. The minimum atomic E-state index is -0.480. The van der Waals surface area contributed by atoms with Gasteiger partial charge in [-0.3, -0.25) is 14.9 Å². The Hall–Kier alpha value is -2.96. The summed E-state index contributed by atoms with van der Waals surface area (Å²) in [6, 6.07) is 11.1. The largest absolute Gasteiger partial charge is 0.340 e. The highest BCUT2D eigenvalue weighted by Gasteiger charge is 2.30. The zero-order chi connectivity index (χ0) is 17.1. The molecule has 7 nitrogen and oxygen atoms in total. The molecule has 0 radical (unpaired) electrons. The van der Waals surface area contributed by atoms with Gasteiger partial charge in [-0.05, 0) is 36.6 Å². The topological polar surface area (TPSA) is 88.4 Å². The molecule has 1 saturated carbocycles. The minimum Gasteiger partial charge on any atom is -0.340 e. The first-order valence-corrected chi connectivity index (χ1v) is 7.76. The first-order chi connectivity index (χ1) is 11.5. The molecule has 124 valence electrons. The van der Waals surface area contributed by atoms with Crippen LogP contribution < -0.4 is 5.32 Å². The van der Waals surface area contributed by atoms with Crippen molar-refractivity contribution in [2.75, 3.05) is 5.32 Å². The number of hydrogen-bond donors (Lipinski definition) is 1. The molecule has 7 heteroatoms. The van der Waals surface area contributed by atoms with E-state index in [9.17, 15) is 14.9 Å². The van der Waals surface area contributed by atoms with E-state index >= 15 is 0 Å². The smallest absolute Gasteiger partial charge is 0.287 e. The Morgan fingerprint density at radius 3 is 2.50 bits per heavy atom. The average molecular weight is 326 g/mol. The van der Waals surface area contributed by atoms with Crippen molar-refractivity contribution in [3.8, 4) is 0 Å². The maximum absolute atomic E-state index is 11.7. The van der Waals surface area contributed by atoms with Gasteiger partial charge in [0.1, 0.15) is 12.0 Å². The fraction of sp³-hybridized carbons (Fsp3) is 0.294. The van der Waals surface area contributed by atoms with Crippen LogP contribution in [0.15, 0.2) is 42.6 Å². The highest BCUT2D eigenvalue weighted by molar-refractivity contribution is 5.74. The maximum Gasteiger partial charge on any atom is 0.287 e. The van der Waals surface area contributed by atoms with Crippen molar-refractivity contribution >= 4 is 23.1 Å². The third-order valence-electron chi connectivity index (χ3n) is 3.93. The average Bonchev–Trinajstić information content (AvgIpc) is 3.39. The molecule has 1 aromatic heterocycles. The standard InChI is InChI=1S/C17H18N4O3/c1-12(22)20(15-6-7-15)11-13-2-4-14(5-3-13)19-17-9-8-16(10-18-17)21(23)24/h2-5,8-10,15H,6-7,11H2,1H3,(H,18,19). The van der Waals surface area contributed by atoms with Crippen molar-refractivity contribution < 1.29 is 9.72 Å². The summed E-state index contributed by atoms with van der Waals surface area (Å²) in [5.41, 5.74) is 1.86. The van der Waals surface area contributed by atoms with E-state index in [0.29, 0.717) is 18.4 Å². The number of benzene rings is 1. The summed E-state index contributed by atoms with van der Waals surface area (Å²) < 4.78 is 0. The van der Waals surface area contributed by atoms with Gasteiger partial charge in [-0.1, -0.05) is 12.1 Å². The van der Waals surface area contributed by atoms with Crippen molar-refractivity contribution in [2.24, 2.45) is 0 Å². The summed E-state index contributed by atoms with van der Waals surface area (Å²) in [6.07, 6.45) is 3.40.